The molecule has 1 aromatic heterocycles. The van der Waals surface area contributed by atoms with Crippen LogP contribution in [0.3, 0.4) is 0 Å². The summed E-state index contributed by atoms with van der Waals surface area (Å²) in [4.78, 5) is 5.21. The molecule has 4 heteroatoms. The Morgan fingerprint density at radius 3 is 3.10 bits per heavy atom. The Hall–Kier alpha value is -0.840. The summed E-state index contributed by atoms with van der Waals surface area (Å²) in [5.41, 5.74) is 1.28. The molecular formula is C16H27N3O. The van der Waals surface area contributed by atoms with E-state index < -0.39 is 0 Å². The lowest BCUT2D eigenvalue weighted by molar-refractivity contribution is 0.0937. The molecule has 1 unspecified atom stereocenters. The molecule has 0 spiro atoms. The highest BCUT2D eigenvalue weighted by atomic mass is 16.3. The molecule has 0 radical (unpaired) electrons. The predicted molar refractivity (Wildman–Crippen MR) is 80.7 cm³/mol. The van der Waals surface area contributed by atoms with Crippen LogP contribution in [0.25, 0.3) is 0 Å². The Balaban J connectivity index is 1.57. The number of hydrogen-bond donors (Lipinski definition) is 1. The summed E-state index contributed by atoms with van der Waals surface area (Å²) in [6, 6.07) is 3.01. The zero-order valence-electron chi connectivity index (χ0n) is 12.8. The Labute approximate surface area is 122 Å². The van der Waals surface area contributed by atoms with Gasteiger partial charge in [0, 0.05) is 25.7 Å². The normalized spacial score (nSPS) is 24.2. The van der Waals surface area contributed by atoms with Crippen molar-refractivity contribution in [3.8, 4) is 0 Å². The first kappa shape index (κ1) is 14.1. The lowest BCUT2D eigenvalue weighted by Crippen LogP contribution is -2.49. The van der Waals surface area contributed by atoms with Crippen molar-refractivity contribution in [2.75, 3.05) is 32.7 Å². The van der Waals surface area contributed by atoms with Gasteiger partial charge in [-0.05, 0) is 44.5 Å². The number of piperazine rings is 1. The molecule has 20 heavy (non-hydrogen) atoms. The van der Waals surface area contributed by atoms with E-state index in [1.807, 2.05) is 0 Å². The van der Waals surface area contributed by atoms with E-state index in [0.717, 1.165) is 37.2 Å². The SMILES string of the molecule is CCNCc1oc(CN2CCN3CCCC3C2)cc1C. The first-order valence-corrected chi connectivity index (χ1v) is 8.01. The van der Waals surface area contributed by atoms with Crippen molar-refractivity contribution < 1.29 is 4.42 Å². The molecule has 2 aliphatic heterocycles. The summed E-state index contributed by atoms with van der Waals surface area (Å²) >= 11 is 0. The van der Waals surface area contributed by atoms with Crippen molar-refractivity contribution in [2.24, 2.45) is 0 Å². The Morgan fingerprint density at radius 1 is 1.35 bits per heavy atom. The van der Waals surface area contributed by atoms with Gasteiger partial charge in [0.05, 0.1) is 13.1 Å². The highest BCUT2D eigenvalue weighted by Crippen LogP contribution is 2.23. The van der Waals surface area contributed by atoms with Crippen molar-refractivity contribution in [3.63, 3.8) is 0 Å². The molecule has 1 N–H and O–H groups in total. The molecule has 3 heterocycles. The van der Waals surface area contributed by atoms with Gasteiger partial charge in [-0.1, -0.05) is 6.92 Å². The van der Waals surface area contributed by atoms with E-state index in [-0.39, 0.29) is 0 Å². The zero-order chi connectivity index (χ0) is 13.9. The van der Waals surface area contributed by atoms with Gasteiger partial charge in [-0.25, -0.2) is 0 Å². The van der Waals surface area contributed by atoms with Crippen LogP contribution >= 0.6 is 0 Å². The fourth-order valence-corrected chi connectivity index (χ4v) is 3.50. The molecule has 0 aromatic carbocycles. The third-order valence-electron chi connectivity index (χ3n) is 4.66. The van der Waals surface area contributed by atoms with Crippen LogP contribution in [0.1, 0.15) is 36.8 Å². The molecule has 1 aromatic rings. The minimum Gasteiger partial charge on any atom is -0.463 e. The van der Waals surface area contributed by atoms with Crippen LogP contribution in [0.5, 0.6) is 0 Å². The highest BCUT2D eigenvalue weighted by molar-refractivity contribution is 5.20. The summed E-state index contributed by atoms with van der Waals surface area (Å²) < 4.78 is 6.01. The summed E-state index contributed by atoms with van der Waals surface area (Å²) in [5, 5.41) is 3.34. The van der Waals surface area contributed by atoms with Crippen LogP contribution in [0.4, 0.5) is 0 Å². The minimum atomic E-state index is 0.793. The van der Waals surface area contributed by atoms with Crippen molar-refractivity contribution in [3.05, 3.63) is 23.2 Å². The average molecular weight is 277 g/mol. The molecule has 2 saturated heterocycles. The van der Waals surface area contributed by atoms with Crippen LogP contribution in [-0.4, -0.2) is 48.6 Å². The van der Waals surface area contributed by atoms with E-state index in [1.54, 1.807) is 0 Å². The fourth-order valence-electron chi connectivity index (χ4n) is 3.50. The van der Waals surface area contributed by atoms with Crippen LogP contribution in [0.2, 0.25) is 0 Å². The van der Waals surface area contributed by atoms with E-state index in [1.165, 1.54) is 44.6 Å². The number of nitrogens with one attached hydrogen (secondary N) is 1. The smallest absolute Gasteiger partial charge is 0.120 e. The maximum absolute atomic E-state index is 6.01. The van der Waals surface area contributed by atoms with Crippen molar-refractivity contribution >= 4 is 0 Å². The van der Waals surface area contributed by atoms with Gasteiger partial charge in [-0.15, -0.1) is 0 Å². The van der Waals surface area contributed by atoms with E-state index in [2.05, 4.69) is 35.0 Å². The van der Waals surface area contributed by atoms with Crippen molar-refractivity contribution in [1.29, 1.82) is 0 Å². The molecule has 0 aliphatic carbocycles. The second-order valence-electron chi connectivity index (χ2n) is 6.17. The van der Waals surface area contributed by atoms with Gasteiger partial charge in [0.2, 0.25) is 0 Å². The Bertz CT molecular complexity index is 443. The molecule has 1 atom stereocenters. The predicted octanol–water partition coefficient (Wildman–Crippen LogP) is 1.98. The van der Waals surface area contributed by atoms with Crippen molar-refractivity contribution in [2.45, 2.75) is 45.8 Å². The first-order valence-electron chi connectivity index (χ1n) is 8.01. The molecular weight excluding hydrogens is 250 g/mol. The van der Waals surface area contributed by atoms with E-state index in [4.69, 9.17) is 4.42 Å². The summed E-state index contributed by atoms with van der Waals surface area (Å²) in [7, 11) is 0. The highest BCUT2D eigenvalue weighted by Gasteiger charge is 2.30. The molecule has 0 bridgehead atoms. The van der Waals surface area contributed by atoms with Gasteiger partial charge in [0.25, 0.3) is 0 Å². The van der Waals surface area contributed by atoms with Gasteiger partial charge in [0.1, 0.15) is 11.5 Å². The van der Waals surface area contributed by atoms with E-state index in [0.29, 0.717) is 0 Å². The quantitative estimate of drug-likeness (QED) is 0.892. The third kappa shape index (κ3) is 3.08. The molecule has 4 nitrogen and oxygen atoms in total. The standard InChI is InChI=1S/C16H27N3O/c1-3-17-10-16-13(2)9-15(20-16)12-18-7-8-19-6-4-5-14(19)11-18/h9,14,17H,3-8,10-12H2,1-2H3. The summed E-state index contributed by atoms with van der Waals surface area (Å²) in [5.74, 6) is 2.23. The zero-order valence-corrected chi connectivity index (χ0v) is 12.8. The first-order chi connectivity index (χ1) is 9.76. The molecule has 3 rings (SSSR count). The third-order valence-corrected chi connectivity index (χ3v) is 4.66. The van der Waals surface area contributed by atoms with Gasteiger partial charge in [-0.2, -0.15) is 0 Å². The molecule has 0 amide bonds. The minimum absolute atomic E-state index is 0.793. The summed E-state index contributed by atoms with van der Waals surface area (Å²) in [6.07, 6.45) is 2.75. The molecule has 2 fully saturated rings. The summed E-state index contributed by atoms with van der Waals surface area (Å²) in [6.45, 7) is 12.0. The average Bonchev–Trinajstić information content (AvgIpc) is 3.03. The van der Waals surface area contributed by atoms with E-state index in [9.17, 15) is 0 Å². The maximum Gasteiger partial charge on any atom is 0.120 e. The van der Waals surface area contributed by atoms with Gasteiger partial charge in [-0.3, -0.25) is 9.80 Å². The topological polar surface area (TPSA) is 31.7 Å². The largest absolute Gasteiger partial charge is 0.463 e. The number of aryl methyl sites for hydroxylation is 1. The number of hydrogen-bond acceptors (Lipinski definition) is 4. The molecule has 2 aliphatic rings. The van der Waals surface area contributed by atoms with Gasteiger partial charge in [0.15, 0.2) is 0 Å². The van der Waals surface area contributed by atoms with Crippen LogP contribution < -0.4 is 5.32 Å². The monoisotopic (exact) mass is 277 g/mol. The van der Waals surface area contributed by atoms with Crippen LogP contribution in [0.15, 0.2) is 10.5 Å². The fraction of sp³-hybridized carbons (Fsp3) is 0.750. The Kier molecular flexibility index (Phi) is 4.44. The number of fused-ring (bicyclic) bond motifs is 1. The van der Waals surface area contributed by atoms with Crippen LogP contribution in [-0.2, 0) is 13.1 Å². The lowest BCUT2D eigenvalue weighted by atomic mass is 10.1. The van der Waals surface area contributed by atoms with Crippen molar-refractivity contribution in [1.82, 2.24) is 15.1 Å². The van der Waals surface area contributed by atoms with Crippen LogP contribution in [0, 0.1) is 6.92 Å². The number of furan rings is 1. The number of rotatable bonds is 5. The second-order valence-corrected chi connectivity index (χ2v) is 6.17. The molecule has 112 valence electrons. The molecule has 0 saturated carbocycles. The Morgan fingerprint density at radius 2 is 2.25 bits per heavy atom. The van der Waals surface area contributed by atoms with E-state index >= 15 is 0 Å². The second kappa shape index (κ2) is 6.29. The maximum atomic E-state index is 6.01. The van der Waals surface area contributed by atoms with Gasteiger partial charge >= 0.3 is 0 Å². The number of nitrogens with zero attached hydrogens (tertiary/aromatic N) is 2. The lowest BCUT2D eigenvalue weighted by Gasteiger charge is -2.37. The van der Waals surface area contributed by atoms with Gasteiger partial charge < -0.3 is 9.73 Å².